The van der Waals surface area contributed by atoms with Gasteiger partial charge in [0.05, 0.1) is 0 Å². The lowest BCUT2D eigenvalue weighted by Gasteiger charge is -2.42. The number of hydrogen-bond acceptors (Lipinski definition) is 2. The Hall–Kier alpha value is -0.0800. The quantitative estimate of drug-likeness (QED) is 0.607. The van der Waals surface area contributed by atoms with Gasteiger partial charge >= 0.3 is 0 Å². The Morgan fingerprint density at radius 2 is 2.00 bits per heavy atom. The lowest BCUT2D eigenvalue weighted by atomic mass is 9.67. The van der Waals surface area contributed by atoms with Crippen LogP contribution in [0.4, 0.5) is 0 Å². The molecule has 0 heterocycles. The van der Waals surface area contributed by atoms with E-state index in [0.29, 0.717) is 5.41 Å². The first kappa shape index (κ1) is 12.0. The van der Waals surface area contributed by atoms with E-state index in [9.17, 15) is 0 Å². The molecule has 0 aromatic rings. The fourth-order valence-electron chi connectivity index (χ4n) is 2.12. The Kier molecular flexibility index (Phi) is 5.49. The van der Waals surface area contributed by atoms with Gasteiger partial charge in [-0.1, -0.05) is 20.3 Å². The molecule has 1 fully saturated rings. The van der Waals surface area contributed by atoms with Crippen LogP contribution in [0.1, 0.15) is 46.0 Å². The first-order chi connectivity index (χ1) is 6.83. The van der Waals surface area contributed by atoms with Crippen LogP contribution in [0.3, 0.4) is 0 Å². The maximum Gasteiger partial charge on any atom is 0.0471 e. The van der Waals surface area contributed by atoms with Crippen molar-refractivity contribution in [3.05, 3.63) is 0 Å². The van der Waals surface area contributed by atoms with Crippen LogP contribution in [0.15, 0.2) is 0 Å². The molecule has 1 N–H and O–H groups in total. The van der Waals surface area contributed by atoms with Gasteiger partial charge in [-0.2, -0.15) is 0 Å². The highest BCUT2D eigenvalue weighted by Gasteiger charge is 2.35. The van der Waals surface area contributed by atoms with Crippen molar-refractivity contribution in [1.29, 1.82) is 0 Å². The standard InChI is InChI=1S/C12H25NO/c1-3-9-14-10-8-12(6-5-7-12)11-13-4-2/h13H,3-11H2,1-2H3. The number of hydrogen-bond donors (Lipinski definition) is 1. The molecule has 0 spiro atoms. The van der Waals surface area contributed by atoms with Crippen molar-refractivity contribution in [2.45, 2.75) is 46.0 Å². The van der Waals surface area contributed by atoms with E-state index in [4.69, 9.17) is 4.74 Å². The average Bonchev–Trinajstić information content (AvgIpc) is 2.15. The molecule has 1 aliphatic carbocycles. The third kappa shape index (κ3) is 3.58. The van der Waals surface area contributed by atoms with E-state index in [0.717, 1.165) is 26.2 Å². The second kappa shape index (κ2) is 6.41. The summed E-state index contributed by atoms with van der Waals surface area (Å²) in [6.45, 7) is 8.52. The van der Waals surface area contributed by atoms with Gasteiger partial charge in [0.2, 0.25) is 0 Å². The van der Waals surface area contributed by atoms with E-state index in [-0.39, 0.29) is 0 Å². The van der Waals surface area contributed by atoms with Crippen LogP contribution < -0.4 is 5.32 Å². The summed E-state index contributed by atoms with van der Waals surface area (Å²) in [5, 5.41) is 3.48. The zero-order valence-electron chi connectivity index (χ0n) is 9.77. The van der Waals surface area contributed by atoms with E-state index in [2.05, 4.69) is 19.2 Å². The van der Waals surface area contributed by atoms with Crippen LogP contribution in [0.25, 0.3) is 0 Å². The first-order valence-electron chi connectivity index (χ1n) is 6.11. The fourth-order valence-corrected chi connectivity index (χ4v) is 2.12. The molecule has 0 saturated heterocycles. The van der Waals surface area contributed by atoms with Crippen molar-refractivity contribution in [3.63, 3.8) is 0 Å². The molecule has 1 rings (SSSR count). The second-order valence-corrected chi connectivity index (χ2v) is 4.50. The van der Waals surface area contributed by atoms with Gasteiger partial charge < -0.3 is 10.1 Å². The summed E-state index contributed by atoms with van der Waals surface area (Å²) in [6.07, 6.45) is 6.60. The average molecular weight is 199 g/mol. The van der Waals surface area contributed by atoms with Gasteiger partial charge in [-0.15, -0.1) is 0 Å². The first-order valence-corrected chi connectivity index (χ1v) is 6.11. The van der Waals surface area contributed by atoms with Crippen molar-refractivity contribution < 1.29 is 4.74 Å². The van der Waals surface area contributed by atoms with Gasteiger partial charge in [0.25, 0.3) is 0 Å². The van der Waals surface area contributed by atoms with Gasteiger partial charge in [0, 0.05) is 19.8 Å². The fraction of sp³-hybridized carbons (Fsp3) is 1.00. The molecule has 0 amide bonds. The topological polar surface area (TPSA) is 21.3 Å². The molecule has 0 aromatic heterocycles. The van der Waals surface area contributed by atoms with Crippen LogP contribution in [0.2, 0.25) is 0 Å². The summed E-state index contributed by atoms with van der Waals surface area (Å²) in [5.41, 5.74) is 0.587. The second-order valence-electron chi connectivity index (χ2n) is 4.50. The Balaban J connectivity index is 2.10. The molecule has 0 aromatic carbocycles. The van der Waals surface area contributed by atoms with Crippen molar-refractivity contribution in [2.24, 2.45) is 5.41 Å². The lowest BCUT2D eigenvalue weighted by molar-refractivity contribution is 0.0501. The highest BCUT2D eigenvalue weighted by Crippen LogP contribution is 2.43. The zero-order valence-corrected chi connectivity index (χ0v) is 9.77. The minimum absolute atomic E-state index is 0.587. The third-order valence-electron chi connectivity index (χ3n) is 3.29. The van der Waals surface area contributed by atoms with Gasteiger partial charge in [-0.05, 0) is 37.6 Å². The van der Waals surface area contributed by atoms with Crippen LogP contribution in [-0.2, 0) is 4.74 Å². The summed E-state index contributed by atoms with van der Waals surface area (Å²) in [5.74, 6) is 0. The SMILES string of the molecule is CCCOCCC1(CNCC)CCC1. The molecule has 1 aliphatic rings. The Labute approximate surface area is 88.4 Å². The Bertz CT molecular complexity index is 143. The highest BCUT2D eigenvalue weighted by molar-refractivity contribution is 4.89. The largest absolute Gasteiger partial charge is 0.381 e. The lowest BCUT2D eigenvalue weighted by Crippen LogP contribution is -2.40. The van der Waals surface area contributed by atoms with E-state index in [1.165, 1.54) is 32.2 Å². The Morgan fingerprint density at radius 1 is 1.21 bits per heavy atom. The normalized spacial score (nSPS) is 19.3. The molecule has 2 nitrogen and oxygen atoms in total. The number of ether oxygens (including phenoxy) is 1. The molecular formula is C12H25NO. The molecule has 0 aliphatic heterocycles. The number of rotatable bonds is 8. The minimum atomic E-state index is 0.587. The van der Waals surface area contributed by atoms with Crippen LogP contribution in [0.5, 0.6) is 0 Å². The molecule has 0 radical (unpaired) electrons. The molecule has 84 valence electrons. The van der Waals surface area contributed by atoms with Crippen LogP contribution >= 0.6 is 0 Å². The summed E-state index contributed by atoms with van der Waals surface area (Å²) in [4.78, 5) is 0. The predicted molar refractivity (Wildman–Crippen MR) is 60.6 cm³/mol. The Morgan fingerprint density at radius 3 is 2.50 bits per heavy atom. The summed E-state index contributed by atoms with van der Waals surface area (Å²) < 4.78 is 5.57. The van der Waals surface area contributed by atoms with E-state index >= 15 is 0 Å². The van der Waals surface area contributed by atoms with Gasteiger partial charge in [0.15, 0.2) is 0 Å². The molecule has 14 heavy (non-hydrogen) atoms. The van der Waals surface area contributed by atoms with Crippen LogP contribution in [0, 0.1) is 5.41 Å². The predicted octanol–water partition coefficient (Wildman–Crippen LogP) is 2.58. The van der Waals surface area contributed by atoms with E-state index < -0.39 is 0 Å². The molecule has 0 unspecified atom stereocenters. The van der Waals surface area contributed by atoms with Crippen molar-refractivity contribution in [1.82, 2.24) is 5.32 Å². The molecular weight excluding hydrogens is 174 g/mol. The highest BCUT2D eigenvalue weighted by atomic mass is 16.5. The van der Waals surface area contributed by atoms with E-state index in [1.54, 1.807) is 0 Å². The van der Waals surface area contributed by atoms with E-state index in [1.807, 2.05) is 0 Å². The number of nitrogens with one attached hydrogen (secondary N) is 1. The molecule has 0 atom stereocenters. The zero-order chi connectivity index (χ0) is 10.3. The monoisotopic (exact) mass is 199 g/mol. The van der Waals surface area contributed by atoms with Crippen molar-refractivity contribution in [3.8, 4) is 0 Å². The van der Waals surface area contributed by atoms with Gasteiger partial charge in [0.1, 0.15) is 0 Å². The van der Waals surface area contributed by atoms with Crippen molar-refractivity contribution >= 4 is 0 Å². The van der Waals surface area contributed by atoms with Crippen molar-refractivity contribution in [2.75, 3.05) is 26.3 Å². The molecule has 0 bridgehead atoms. The summed E-state index contributed by atoms with van der Waals surface area (Å²) in [6, 6.07) is 0. The van der Waals surface area contributed by atoms with Crippen LogP contribution in [-0.4, -0.2) is 26.3 Å². The smallest absolute Gasteiger partial charge is 0.0471 e. The molecule has 2 heteroatoms. The minimum Gasteiger partial charge on any atom is -0.381 e. The maximum absolute atomic E-state index is 5.57. The third-order valence-corrected chi connectivity index (χ3v) is 3.29. The van der Waals surface area contributed by atoms with Gasteiger partial charge in [-0.3, -0.25) is 0 Å². The summed E-state index contributed by atoms with van der Waals surface area (Å²) >= 11 is 0. The summed E-state index contributed by atoms with van der Waals surface area (Å²) in [7, 11) is 0. The van der Waals surface area contributed by atoms with Gasteiger partial charge in [-0.25, -0.2) is 0 Å². The maximum atomic E-state index is 5.57. The molecule has 1 saturated carbocycles.